The number of rotatable bonds is 5. The third-order valence-electron chi connectivity index (χ3n) is 2.29. The summed E-state index contributed by atoms with van der Waals surface area (Å²) in [4.78, 5) is 15.7. The Bertz CT molecular complexity index is 504. The van der Waals surface area contributed by atoms with Gasteiger partial charge in [0.1, 0.15) is 12.4 Å². The Labute approximate surface area is 112 Å². The summed E-state index contributed by atoms with van der Waals surface area (Å²) in [6.45, 7) is 2.08. The van der Waals surface area contributed by atoms with Gasteiger partial charge in [-0.05, 0) is 18.6 Å². The lowest BCUT2D eigenvalue weighted by molar-refractivity contribution is 0.153. The summed E-state index contributed by atoms with van der Waals surface area (Å²) in [5.41, 5.74) is 1.36. The molecule has 100 valence electrons. The van der Waals surface area contributed by atoms with Crippen molar-refractivity contribution in [3.8, 4) is 18.1 Å². The van der Waals surface area contributed by atoms with Crippen LogP contribution in [0.15, 0.2) is 29.4 Å². The van der Waals surface area contributed by atoms with E-state index in [0.29, 0.717) is 17.9 Å². The molecule has 1 amide bonds. The van der Waals surface area contributed by atoms with Gasteiger partial charge in [-0.25, -0.2) is 4.79 Å². The summed E-state index contributed by atoms with van der Waals surface area (Å²) in [6.07, 6.45) is 5.14. The largest absolute Gasteiger partial charge is 0.480 e. The number of hydrogen-bond acceptors (Lipinski definition) is 4. The monoisotopic (exact) mass is 260 g/mol. The number of carbonyl (C=O) groups excluding carboxylic acids is 1. The zero-order valence-corrected chi connectivity index (χ0v) is 11.0. The van der Waals surface area contributed by atoms with Crippen LogP contribution in [0, 0.1) is 12.3 Å². The number of nitrogens with one attached hydrogen (secondary N) is 1. The maximum atomic E-state index is 11.0. The summed E-state index contributed by atoms with van der Waals surface area (Å²) in [5, 5.41) is 6.14. The van der Waals surface area contributed by atoms with E-state index in [1.807, 2.05) is 25.1 Å². The highest BCUT2D eigenvalue weighted by atomic mass is 16.7. The topological polar surface area (TPSA) is 59.9 Å². The summed E-state index contributed by atoms with van der Waals surface area (Å²) in [6, 6.07) is 7.31. The molecule has 0 aliphatic carbocycles. The fourth-order valence-electron chi connectivity index (χ4n) is 1.40. The van der Waals surface area contributed by atoms with E-state index in [2.05, 4.69) is 16.4 Å². The third-order valence-corrected chi connectivity index (χ3v) is 2.29. The van der Waals surface area contributed by atoms with Gasteiger partial charge in [-0.3, -0.25) is 4.84 Å². The van der Waals surface area contributed by atoms with E-state index in [-0.39, 0.29) is 6.61 Å². The molecule has 19 heavy (non-hydrogen) atoms. The molecule has 0 aliphatic rings. The fraction of sp³-hybridized carbons (Fsp3) is 0.286. The first-order valence-electron chi connectivity index (χ1n) is 5.84. The molecule has 1 aromatic rings. The molecule has 0 bridgehead atoms. The minimum atomic E-state index is -0.618. The Morgan fingerprint density at radius 3 is 2.84 bits per heavy atom. The minimum Gasteiger partial charge on any atom is -0.480 e. The first kappa shape index (κ1) is 14.6. The van der Waals surface area contributed by atoms with Crippen LogP contribution in [-0.4, -0.2) is 25.5 Å². The standard InChI is InChI=1S/C14H16N2O3/c1-4-10-18-13-9-7-6-8-11(13)12(5-2)16-19-14(17)15-3/h1,6-9H,5,10H2,2-3H3,(H,15,17)/b16-12+. The number of benzene rings is 1. The Morgan fingerprint density at radius 2 is 2.21 bits per heavy atom. The van der Waals surface area contributed by atoms with Crippen LogP contribution in [0.2, 0.25) is 0 Å². The van der Waals surface area contributed by atoms with Crippen molar-refractivity contribution < 1.29 is 14.4 Å². The Morgan fingerprint density at radius 1 is 1.47 bits per heavy atom. The van der Waals surface area contributed by atoms with Crippen LogP contribution in [0.4, 0.5) is 4.79 Å². The Hall–Kier alpha value is -2.48. The molecule has 0 unspecified atom stereocenters. The molecule has 0 heterocycles. The number of carbonyl (C=O) groups is 1. The van der Waals surface area contributed by atoms with Crippen molar-refractivity contribution in [3.63, 3.8) is 0 Å². The summed E-state index contributed by atoms with van der Waals surface area (Å²) in [7, 11) is 1.47. The number of oxime groups is 1. The van der Waals surface area contributed by atoms with Crippen molar-refractivity contribution in [2.75, 3.05) is 13.7 Å². The summed E-state index contributed by atoms with van der Waals surface area (Å²) < 4.78 is 5.43. The average molecular weight is 260 g/mol. The van der Waals surface area contributed by atoms with E-state index in [1.165, 1.54) is 7.05 Å². The predicted molar refractivity (Wildman–Crippen MR) is 73.1 cm³/mol. The van der Waals surface area contributed by atoms with E-state index in [4.69, 9.17) is 16.0 Å². The molecule has 5 nitrogen and oxygen atoms in total. The minimum absolute atomic E-state index is 0.171. The molecule has 0 atom stereocenters. The number of ether oxygens (including phenoxy) is 1. The molecule has 0 aliphatic heterocycles. The van der Waals surface area contributed by atoms with Crippen molar-refractivity contribution in [1.29, 1.82) is 0 Å². The molecule has 0 saturated heterocycles. The summed E-state index contributed by atoms with van der Waals surface area (Å²) in [5.74, 6) is 3.01. The van der Waals surface area contributed by atoms with E-state index >= 15 is 0 Å². The molecule has 1 N–H and O–H groups in total. The maximum absolute atomic E-state index is 11.0. The lowest BCUT2D eigenvalue weighted by Gasteiger charge is -2.10. The lowest BCUT2D eigenvalue weighted by atomic mass is 10.1. The average Bonchev–Trinajstić information content (AvgIpc) is 2.46. The van der Waals surface area contributed by atoms with Gasteiger partial charge in [0.25, 0.3) is 0 Å². The molecule has 0 fully saturated rings. The van der Waals surface area contributed by atoms with Crippen molar-refractivity contribution in [3.05, 3.63) is 29.8 Å². The Balaban J connectivity index is 2.97. The smallest absolute Gasteiger partial charge is 0.433 e. The number of terminal acetylenes is 1. The molecule has 0 radical (unpaired) electrons. The zero-order chi connectivity index (χ0) is 14.1. The van der Waals surface area contributed by atoms with Crippen molar-refractivity contribution in [2.45, 2.75) is 13.3 Å². The number of hydrogen-bond donors (Lipinski definition) is 1. The fourth-order valence-corrected chi connectivity index (χ4v) is 1.40. The van der Waals surface area contributed by atoms with Crippen LogP contribution in [0.1, 0.15) is 18.9 Å². The van der Waals surface area contributed by atoms with Crippen LogP contribution in [0.25, 0.3) is 0 Å². The summed E-state index contributed by atoms with van der Waals surface area (Å²) >= 11 is 0. The first-order valence-corrected chi connectivity index (χ1v) is 5.84. The van der Waals surface area contributed by atoms with Gasteiger partial charge >= 0.3 is 6.09 Å². The predicted octanol–water partition coefficient (Wildman–Crippen LogP) is 2.17. The van der Waals surface area contributed by atoms with Crippen LogP contribution in [0.5, 0.6) is 5.75 Å². The van der Waals surface area contributed by atoms with Gasteiger partial charge in [0.2, 0.25) is 0 Å². The second-order valence-electron chi connectivity index (χ2n) is 3.51. The second-order valence-corrected chi connectivity index (χ2v) is 3.51. The van der Waals surface area contributed by atoms with Crippen LogP contribution < -0.4 is 10.1 Å². The van der Waals surface area contributed by atoms with Gasteiger partial charge in [0.05, 0.1) is 5.71 Å². The molecule has 0 aromatic heterocycles. The van der Waals surface area contributed by atoms with E-state index < -0.39 is 6.09 Å². The van der Waals surface area contributed by atoms with Gasteiger partial charge in [0, 0.05) is 12.6 Å². The van der Waals surface area contributed by atoms with Gasteiger partial charge in [-0.2, -0.15) is 0 Å². The highest BCUT2D eigenvalue weighted by Gasteiger charge is 2.10. The highest BCUT2D eigenvalue weighted by molar-refractivity contribution is 6.02. The molecular weight excluding hydrogens is 244 g/mol. The van der Waals surface area contributed by atoms with Gasteiger partial charge in [0.15, 0.2) is 0 Å². The van der Waals surface area contributed by atoms with Crippen molar-refractivity contribution in [1.82, 2.24) is 5.32 Å². The van der Waals surface area contributed by atoms with Gasteiger partial charge < -0.3 is 10.1 Å². The molecule has 1 rings (SSSR count). The molecular formula is C14H16N2O3. The van der Waals surface area contributed by atoms with E-state index in [9.17, 15) is 4.79 Å². The van der Waals surface area contributed by atoms with E-state index in [0.717, 1.165) is 5.56 Å². The van der Waals surface area contributed by atoms with Crippen LogP contribution >= 0.6 is 0 Å². The molecule has 0 saturated carbocycles. The second kappa shape index (κ2) is 7.77. The number of amides is 1. The quantitative estimate of drug-likeness (QED) is 0.382. The molecule has 1 aromatic carbocycles. The maximum Gasteiger partial charge on any atom is 0.433 e. The SMILES string of the molecule is C#CCOc1ccccc1/C(CC)=N/OC(=O)NC. The van der Waals surface area contributed by atoms with Gasteiger partial charge in [-0.1, -0.05) is 30.1 Å². The Kier molecular flexibility index (Phi) is 5.96. The zero-order valence-electron chi connectivity index (χ0n) is 11.0. The van der Waals surface area contributed by atoms with Gasteiger partial charge in [-0.15, -0.1) is 6.42 Å². The third kappa shape index (κ3) is 4.36. The van der Waals surface area contributed by atoms with Crippen LogP contribution in [0.3, 0.4) is 0 Å². The highest BCUT2D eigenvalue weighted by Crippen LogP contribution is 2.20. The van der Waals surface area contributed by atoms with Crippen molar-refractivity contribution >= 4 is 11.8 Å². The first-order chi connectivity index (χ1) is 9.22. The molecule has 5 heteroatoms. The normalized spacial score (nSPS) is 10.5. The lowest BCUT2D eigenvalue weighted by Crippen LogP contribution is -2.17. The molecule has 0 spiro atoms. The van der Waals surface area contributed by atoms with Crippen LogP contribution in [-0.2, 0) is 4.84 Å². The number of nitrogens with zero attached hydrogens (tertiary/aromatic N) is 1. The van der Waals surface area contributed by atoms with Crippen molar-refractivity contribution in [2.24, 2.45) is 5.16 Å². The van der Waals surface area contributed by atoms with E-state index in [1.54, 1.807) is 6.07 Å². The number of para-hydroxylation sites is 1.